The van der Waals surface area contributed by atoms with Gasteiger partial charge >= 0.3 is 0 Å². The molecule has 3 heterocycles. The van der Waals surface area contributed by atoms with E-state index in [1.165, 1.54) is 5.69 Å². The maximum absolute atomic E-state index is 5.78. The smallest absolute Gasteiger partial charge is 0.247 e. The van der Waals surface area contributed by atoms with Gasteiger partial charge in [0.2, 0.25) is 11.8 Å². The van der Waals surface area contributed by atoms with Gasteiger partial charge in [-0.15, -0.1) is 10.2 Å². The van der Waals surface area contributed by atoms with E-state index in [4.69, 9.17) is 4.42 Å². The highest BCUT2D eigenvalue weighted by atomic mass is 16.4. The van der Waals surface area contributed by atoms with Gasteiger partial charge in [0, 0.05) is 49.8 Å². The van der Waals surface area contributed by atoms with Crippen molar-refractivity contribution >= 4 is 5.69 Å². The molecule has 3 aromatic rings. The van der Waals surface area contributed by atoms with Gasteiger partial charge in [-0.25, -0.2) is 0 Å². The lowest BCUT2D eigenvalue weighted by atomic mass is 10.2. The lowest BCUT2D eigenvalue weighted by molar-refractivity contribution is 0.227. The fourth-order valence-electron chi connectivity index (χ4n) is 2.92. The van der Waals surface area contributed by atoms with E-state index in [0.717, 1.165) is 31.7 Å². The zero-order valence-corrected chi connectivity index (χ0v) is 13.4. The average Bonchev–Trinajstić information content (AvgIpc) is 3.12. The van der Waals surface area contributed by atoms with Gasteiger partial charge in [-0.05, 0) is 24.3 Å². The van der Waals surface area contributed by atoms with Crippen molar-refractivity contribution in [1.82, 2.24) is 20.1 Å². The largest absolute Gasteiger partial charge is 0.419 e. The van der Waals surface area contributed by atoms with Gasteiger partial charge in [0.1, 0.15) is 0 Å². The van der Waals surface area contributed by atoms with Gasteiger partial charge in [0.25, 0.3) is 0 Å². The molecule has 6 heteroatoms. The van der Waals surface area contributed by atoms with Crippen LogP contribution in [0.1, 0.15) is 5.89 Å². The molecule has 0 bridgehead atoms. The van der Waals surface area contributed by atoms with Crippen LogP contribution in [0.5, 0.6) is 0 Å². The predicted molar refractivity (Wildman–Crippen MR) is 91.5 cm³/mol. The van der Waals surface area contributed by atoms with E-state index < -0.39 is 0 Å². The fraction of sp³-hybridized carbons (Fsp3) is 0.278. The highest BCUT2D eigenvalue weighted by Gasteiger charge is 2.19. The van der Waals surface area contributed by atoms with Gasteiger partial charge in [-0.1, -0.05) is 18.2 Å². The molecule has 1 saturated heterocycles. The number of piperazine rings is 1. The molecule has 0 saturated carbocycles. The first kappa shape index (κ1) is 14.8. The van der Waals surface area contributed by atoms with Gasteiger partial charge in [0.15, 0.2) is 0 Å². The number of para-hydroxylation sites is 1. The van der Waals surface area contributed by atoms with Gasteiger partial charge in [-0.3, -0.25) is 9.88 Å². The minimum Gasteiger partial charge on any atom is -0.419 e. The Morgan fingerprint density at radius 1 is 0.875 bits per heavy atom. The molecule has 0 aliphatic carbocycles. The zero-order chi connectivity index (χ0) is 16.2. The Hall–Kier alpha value is -2.73. The number of benzene rings is 1. The number of pyridine rings is 1. The SMILES string of the molecule is c1ccc(N2CCN(Cc3nnc(-c4ccncc4)o3)CC2)cc1. The molecule has 0 atom stereocenters. The van der Waals surface area contributed by atoms with Crippen LogP contribution in [-0.2, 0) is 6.54 Å². The molecule has 24 heavy (non-hydrogen) atoms. The van der Waals surface area contributed by atoms with Crippen molar-refractivity contribution < 1.29 is 4.42 Å². The Bertz CT molecular complexity index is 766. The standard InChI is InChI=1S/C18H19N5O/c1-2-4-16(5-3-1)23-12-10-22(11-13-23)14-17-20-21-18(24-17)15-6-8-19-9-7-15/h1-9H,10-14H2. The third-order valence-corrected chi connectivity index (χ3v) is 4.25. The third-order valence-electron chi connectivity index (χ3n) is 4.25. The summed E-state index contributed by atoms with van der Waals surface area (Å²) in [6.07, 6.45) is 3.45. The molecule has 1 aliphatic rings. The van der Waals surface area contributed by atoms with Gasteiger partial charge < -0.3 is 9.32 Å². The summed E-state index contributed by atoms with van der Waals surface area (Å²) in [5.41, 5.74) is 2.19. The maximum atomic E-state index is 5.78. The minimum atomic E-state index is 0.551. The van der Waals surface area contributed by atoms with Crippen molar-refractivity contribution in [3.05, 3.63) is 60.7 Å². The number of hydrogen-bond donors (Lipinski definition) is 0. The second-order valence-corrected chi connectivity index (χ2v) is 5.84. The Kier molecular flexibility index (Phi) is 4.20. The first-order chi connectivity index (χ1) is 11.9. The predicted octanol–water partition coefficient (Wildman–Crippen LogP) is 2.45. The lowest BCUT2D eigenvalue weighted by Gasteiger charge is -2.35. The molecule has 0 unspecified atom stereocenters. The third kappa shape index (κ3) is 3.28. The molecule has 1 aromatic carbocycles. The van der Waals surface area contributed by atoms with Crippen LogP contribution in [0.2, 0.25) is 0 Å². The molecule has 1 aliphatic heterocycles. The van der Waals surface area contributed by atoms with Crippen LogP contribution in [0.15, 0.2) is 59.3 Å². The molecule has 122 valence electrons. The van der Waals surface area contributed by atoms with E-state index in [0.29, 0.717) is 18.3 Å². The van der Waals surface area contributed by atoms with Gasteiger partial charge in [0.05, 0.1) is 6.54 Å². The molecular weight excluding hydrogens is 302 g/mol. The highest BCUT2D eigenvalue weighted by molar-refractivity contribution is 5.50. The van der Waals surface area contributed by atoms with Crippen molar-refractivity contribution in [3.8, 4) is 11.5 Å². The molecule has 2 aromatic heterocycles. The van der Waals surface area contributed by atoms with Crippen molar-refractivity contribution in [2.24, 2.45) is 0 Å². The Morgan fingerprint density at radius 3 is 2.38 bits per heavy atom. The Labute approximate surface area is 140 Å². The molecular formula is C18H19N5O. The fourth-order valence-corrected chi connectivity index (χ4v) is 2.92. The van der Waals surface area contributed by atoms with Crippen LogP contribution in [0, 0.1) is 0 Å². The summed E-state index contributed by atoms with van der Waals surface area (Å²) in [7, 11) is 0. The van der Waals surface area contributed by atoms with E-state index in [-0.39, 0.29) is 0 Å². The van der Waals surface area contributed by atoms with E-state index in [1.54, 1.807) is 12.4 Å². The minimum absolute atomic E-state index is 0.551. The molecule has 1 fully saturated rings. The van der Waals surface area contributed by atoms with Crippen LogP contribution < -0.4 is 4.90 Å². The average molecular weight is 321 g/mol. The monoisotopic (exact) mass is 321 g/mol. The summed E-state index contributed by atoms with van der Waals surface area (Å²) in [6.45, 7) is 4.69. The normalized spacial score (nSPS) is 15.6. The van der Waals surface area contributed by atoms with E-state index in [1.807, 2.05) is 12.1 Å². The second kappa shape index (κ2) is 6.80. The quantitative estimate of drug-likeness (QED) is 0.736. The zero-order valence-electron chi connectivity index (χ0n) is 13.4. The summed E-state index contributed by atoms with van der Waals surface area (Å²) < 4.78 is 5.78. The van der Waals surface area contributed by atoms with Crippen LogP contribution in [-0.4, -0.2) is 46.3 Å². The molecule has 4 rings (SSSR count). The summed E-state index contributed by atoms with van der Waals surface area (Å²) in [5.74, 6) is 1.21. The van der Waals surface area contributed by atoms with Crippen LogP contribution in [0.25, 0.3) is 11.5 Å². The van der Waals surface area contributed by atoms with Crippen molar-refractivity contribution in [1.29, 1.82) is 0 Å². The van der Waals surface area contributed by atoms with Gasteiger partial charge in [-0.2, -0.15) is 0 Å². The van der Waals surface area contributed by atoms with Crippen molar-refractivity contribution in [3.63, 3.8) is 0 Å². The van der Waals surface area contributed by atoms with Crippen LogP contribution in [0.4, 0.5) is 5.69 Å². The Balaban J connectivity index is 1.35. The topological polar surface area (TPSA) is 58.3 Å². The Morgan fingerprint density at radius 2 is 1.62 bits per heavy atom. The van der Waals surface area contributed by atoms with Crippen LogP contribution in [0.3, 0.4) is 0 Å². The summed E-state index contributed by atoms with van der Waals surface area (Å²) in [4.78, 5) is 8.76. The number of hydrogen-bond acceptors (Lipinski definition) is 6. The lowest BCUT2D eigenvalue weighted by Crippen LogP contribution is -2.46. The number of nitrogens with zero attached hydrogens (tertiary/aromatic N) is 5. The van der Waals surface area contributed by atoms with Crippen LogP contribution >= 0.6 is 0 Å². The summed E-state index contributed by atoms with van der Waals surface area (Å²) >= 11 is 0. The van der Waals surface area contributed by atoms with Crippen molar-refractivity contribution in [2.75, 3.05) is 31.1 Å². The maximum Gasteiger partial charge on any atom is 0.247 e. The second-order valence-electron chi connectivity index (χ2n) is 5.84. The first-order valence-corrected chi connectivity index (χ1v) is 8.13. The summed E-state index contributed by atoms with van der Waals surface area (Å²) in [6, 6.07) is 14.3. The highest BCUT2D eigenvalue weighted by Crippen LogP contribution is 2.19. The molecule has 0 radical (unpaired) electrons. The molecule has 0 spiro atoms. The number of rotatable bonds is 4. The molecule has 6 nitrogen and oxygen atoms in total. The first-order valence-electron chi connectivity index (χ1n) is 8.13. The molecule has 0 amide bonds. The number of anilines is 1. The van der Waals surface area contributed by atoms with E-state index >= 15 is 0 Å². The number of aromatic nitrogens is 3. The van der Waals surface area contributed by atoms with Crippen molar-refractivity contribution in [2.45, 2.75) is 6.54 Å². The summed E-state index contributed by atoms with van der Waals surface area (Å²) in [5, 5.41) is 8.30. The molecule has 0 N–H and O–H groups in total. The van der Waals surface area contributed by atoms with E-state index in [9.17, 15) is 0 Å². The van der Waals surface area contributed by atoms with E-state index in [2.05, 4.69) is 55.3 Å².